The van der Waals surface area contributed by atoms with Crippen LogP contribution in [-0.4, -0.2) is 81.2 Å². The van der Waals surface area contributed by atoms with Crippen molar-refractivity contribution in [3.63, 3.8) is 0 Å². The maximum Gasteiger partial charge on any atom is 0.363 e. The summed E-state index contributed by atoms with van der Waals surface area (Å²) in [5, 5.41) is 7.72. The number of hydrogen-bond acceptors (Lipinski definition) is 10. The lowest BCUT2D eigenvalue weighted by Gasteiger charge is -2.45. The largest absolute Gasteiger partial charge is 0.460 e. The van der Waals surface area contributed by atoms with E-state index in [0.717, 1.165) is 11.8 Å². The minimum absolute atomic E-state index is 0.0918. The molecule has 0 unspecified atom stereocenters. The summed E-state index contributed by atoms with van der Waals surface area (Å²) in [6.07, 6.45) is -0.663. The number of Topliss-reactive ketones (excluding diaryl/α,β-unsaturated/α-hetero) is 1. The van der Waals surface area contributed by atoms with Gasteiger partial charge in [-0.25, -0.2) is 14.5 Å². The first kappa shape index (κ1) is 37.3. The molecule has 4 amide bonds. The summed E-state index contributed by atoms with van der Waals surface area (Å²) in [5.74, 6) is -5.77. The van der Waals surface area contributed by atoms with Crippen LogP contribution in [0, 0.1) is 5.41 Å². The number of urea groups is 1. The standard InChI is InChI=1S/C34H44N6O8/c1-20(41)34(29(45)48-32(5,6)7,39(23-13-11-10-12-14-23)27(43)24(35)19-25(42)47-31(2,3)4)40-28(44)33(8,38(9)30(40)46)22-17-15-21(16-18-22)26(36)37/h10-18,24H,19,35H2,1-9H3,(H3,36,37)/t24-,33+,34-/m0/s1. The highest BCUT2D eigenvalue weighted by atomic mass is 16.6. The lowest BCUT2D eigenvalue weighted by molar-refractivity contribution is -0.174. The Morgan fingerprint density at radius 1 is 0.917 bits per heavy atom. The SMILES string of the molecule is CC(=O)[C@@](C(=O)OC(C)(C)C)(N1C(=O)N(C)[C@](C)(c2ccc(C(=N)N)cc2)C1=O)N(C(=O)[C@@H](N)CC(=O)OC(C)(C)C)c1ccccc1. The number of likely N-dealkylation sites (N-methyl/N-ethyl adjacent to an activating group) is 1. The first-order valence-electron chi connectivity index (χ1n) is 15.2. The van der Waals surface area contributed by atoms with Crippen molar-refractivity contribution >= 4 is 47.1 Å². The third kappa shape index (κ3) is 6.93. The van der Waals surface area contributed by atoms with Crippen LogP contribution in [0.5, 0.6) is 0 Å². The van der Waals surface area contributed by atoms with Gasteiger partial charge in [0.05, 0.1) is 12.5 Å². The summed E-state index contributed by atoms with van der Waals surface area (Å²) in [4.78, 5) is 87.2. The summed E-state index contributed by atoms with van der Waals surface area (Å²) < 4.78 is 11.1. The van der Waals surface area contributed by atoms with E-state index in [9.17, 15) is 28.8 Å². The number of anilines is 1. The van der Waals surface area contributed by atoms with Crippen LogP contribution in [0.25, 0.3) is 0 Å². The molecule has 1 saturated heterocycles. The van der Waals surface area contributed by atoms with Crippen LogP contribution in [0.1, 0.15) is 72.9 Å². The normalized spacial score (nSPS) is 18.5. The summed E-state index contributed by atoms with van der Waals surface area (Å²) >= 11 is 0. The van der Waals surface area contributed by atoms with Crippen molar-refractivity contribution in [2.75, 3.05) is 11.9 Å². The number of nitrogens with two attached hydrogens (primary N) is 2. The van der Waals surface area contributed by atoms with Crippen LogP contribution < -0.4 is 16.4 Å². The van der Waals surface area contributed by atoms with Gasteiger partial charge in [-0.3, -0.25) is 29.5 Å². The number of para-hydroxylation sites is 1. The fourth-order valence-electron chi connectivity index (χ4n) is 5.32. The zero-order chi connectivity index (χ0) is 36.6. The number of esters is 2. The molecule has 1 heterocycles. The van der Waals surface area contributed by atoms with Gasteiger partial charge in [-0.15, -0.1) is 0 Å². The topological polar surface area (TPSA) is 206 Å². The number of hydrogen-bond donors (Lipinski definition) is 3. The molecule has 0 spiro atoms. The molecule has 1 aliphatic rings. The van der Waals surface area contributed by atoms with Crippen LogP contribution in [0.2, 0.25) is 0 Å². The van der Waals surface area contributed by atoms with E-state index in [-0.39, 0.29) is 17.1 Å². The number of rotatable bonds is 10. The second-order valence-electron chi connectivity index (χ2n) is 13.7. The second kappa shape index (κ2) is 13.2. The number of nitrogens with zero attached hydrogens (tertiary/aromatic N) is 3. The molecule has 5 N–H and O–H groups in total. The van der Waals surface area contributed by atoms with Crippen molar-refractivity contribution in [3.05, 3.63) is 65.7 Å². The van der Waals surface area contributed by atoms with Gasteiger partial charge in [0.25, 0.3) is 11.6 Å². The summed E-state index contributed by atoms with van der Waals surface area (Å²) in [6, 6.07) is 10.5. The number of amidine groups is 1. The molecule has 3 atom stereocenters. The predicted molar refractivity (Wildman–Crippen MR) is 176 cm³/mol. The van der Waals surface area contributed by atoms with E-state index >= 15 is 0 Å². The number of ether oxygens (including phenoxy) is 2. The molecule has 2 aromatic rings. The molecule has 0 radical (unpaired) electrons. The Labute approximate surface area is 279 Å². The number of benzene rings is 2. The van der Waals surface area contributed by atoms with Crippen molar-refractivity contribution in [1.29, 1.82) is 5.41 Å². The van der Waals surface area contributed by atoms with Gasteiger partial charge in [-0.1, -0.05) is 42.5 Å². The lowest BCUT2D eigenvalue weighted by atomic mass is 9.88. The second-order valence-corrected chi connectivity index (χ2v) is 13.7. The van der Waals surface area contributed by atoms with Gasteiger partial charge < -0.3 is 25.8 Å². The van der Waals surface area contributed by atoms with Crippen molar-refractivity contribution in [1.82, 2.24) is 9.80 Å². The number of amides is 4. The van der Waals surface area contributed by atoms with Crippen molar-refractivity contribution in [2.24, 2.45) is 11.5 Å². The minimum atomic E-state index is -3.07. The highest BCUT2D eigenvalue weighted by Gasteiger charge is 2.69. The van der Waals surface area contributed by atoms with Crippen LogP contribution >= 0.6 is 0 Å². The van der Waals surface area contributed by atoms with Crippen molar-refractivity contribution in [2.45, 2.75) is 90.3 Å². The van der Waals surface area contributed by atoms with E-state index in [0.29, 0.717) is 15.4 Å². The molecule has 0 saturated carbocycles. The Hall–Kier alpha value is -5.11. The Morgan fingerprint density at radius 3 is 1.90 bits per heavy atom. The molecule has 1 fully saturated rings. The molecule has 14 heteroatoms. The number of carbonyl (C=O) groups excluding carboxylic acids is 6. The molecule has 258 valence electrons. The number of ketones is 1. The van der Waals surface area contributed by atoms with Crippen LogP contribution in [0.4, 0.5) is 10.5 Å². The Bertz CT molecular complexity index is 1630. The Morgan fingerprint density at radius 2 is 1.44 bits per heavy atom. The first-order chi connectivity index (χ1) is 22.0. The van der Waals surface area contributed by atoms with Gasteiger partial charge in [0.2, 0.25) is 5.91 Å². The summed E-state index contributed by atoms with van der Waals surface area (Å²) in [7, 11) is 1.31. The molecule has 1 aliphatic heterocycles. The average molecular weight is 665 g/mol. The quantitative estimate of drug-likeness (QED) is 0.111. The zero-order valence-corrected chi connectivity index (χ0v) is 28.7. The van der Waals surface area contributed by atoms with Gasteiger partial charge in [-0.2, -0.15) is 0 Å². The zero-order valence-electron chi connectivity index (χ0n) is 28.7. The number of carbonyl (C=O) groups is 6. The van der Waals surface area contributed by atoms with Gasteiger partial charge in [0, 0.05) is 18.3 Å². The molecule has 3 rings (SSSR count). The van der Waals surface area contributed by atoms with Crippen LogP contribution in [0.15, 0.2) is 54.6 Å². The van der Waals surface area contributed by atoms with Gasteiger partial charge in [0.1, 0.15) is 22.6 Å². The van der Waals surface area contributed by atoms with Crippen molar-refractivity contribution in [3.8, 4) is 0 Å². The van der Waals surface area contributed by atoms with Crippen LogP contribution in [-0.2, 0) is 39.0 Å². The van der Waals surface area contributed by atoms with E-state index in [1.807, 2.05) is 0 Å². The maximum atomic E-state index is 14.7. The molecule has 14 nitrogen and oxygen atoms in total. The van der Waals surface area contributed by atoms with E-state index in [2.05, 4.69) is 0 Å². The van der Waals surface area contributed by atoms with Gasteiger partial charge in [-0.05, 0) is 73.1 Å². The molecular weight excluding hydrogens is 620 g/mol. The first-order valence-corrected chi connectivity index (χ1v) is 15.2. The summed E-state index contributed by atoms with van der Waals surface area (Å²) in [5.41, 5.74) is 5.34. The monoisotopic (exact) mass is 664 g/mol. The lowest BCUT2D eigenvalue weighted by Crippen LogP contribution is -2.75. The maximum absolute atomic E-state index is 14.7. The smallest absolute Gasteiger partial charge is 0.363 e. The Kier molecular flexibility index (Phi) is 10.3. The van der Waals surface area contributed by atoms with Gasteiger partial charge >= 0.3 is 18.0 Å². The van der Waals surface area contributed by atoms with Gasteiger partial charge in [0.15, 0.2) is 5.78 Å². The van der Waals surface area contributed by atoms with E-state index in [4.69, 9.17) is 26.4 Å². The van der Waals surface area contributed by atoms with E-state index < -0.39 is 70.4 Å². The predicted octanol–water partition coefficient (Wildman–Crippen LogP) is 2.80. The number of nitrogen functional groups attached to an aromatic ring is 1. The third-order valence-electron chi connectivity index (χ3n) is 7.71. The van der Waals surface area contributed by atoms with E-state index in [1.54, 1.807) is 26.8 Å². The Balaban J connectivity index is 2.37. The van der Waals surface area contributed by atoms with Crippen LogP contribution in [0.3, 0.4) is 0 Å². The minimum Gasteiger partial charge on any atom is -0.460 e. The van der Waals surface area contributed by atoms with Crippen molar-refractivity contribution < 1.29 is 38.2 Å². The van der Waals surface area contributed by atoms with E-state index in [1.165, 1.54) is 83.3 Å². The molecule has 0 aromatic heterocycles. The molecule has 0 bridgehead atoms. The average Bonchev–Trinajstić information content (AvgIpc) is 3.14. The highest BCUT2D eigenvalue weighted by Crippen LogP contribution is 2.43. The third-order valence-corrected chi connectivity index (χ3v) is 7.71. The summed E-state index contributed by atoms with van der Waals surface area (Å²) in [6.45, 7) is 11.8. The molecule has 48 heavy (non-hydrogen) atoms. The number of imide groups is 1. The fourth-order valence-corrected chi connectivity index (χ4v) is 5.32. The molecule has 2 aromatic carbocycles. The molecular formula is C34H44N6O8. The molecule has 0 aliphatic carbocycles. The fraction of sp³-hybridized carbons (Fsp3) is 0.441. The highest BCUT2D eigenvalue weighted by molar-refractivity contribution is 6.24. The number of nitrogens with one attached hydrogen (secondary N) is 1.